The molecule has 1 atom stereocenters. The summed E-state index contributed by atoms with van der Waals surface area (Å²) in [7, 11) is -1.21. The summed E-state index contributed by atoms with van der Waals surface area (Å²) in [6.45, 7) is 1.97. The Hall–Kier alpha value is -1.70. The molecule has 0 saturated carbocycles. The number of nitrogens with one attached hydrogen (secondary N) is 1. The molecule has 2 N–H and O–H groups in total. The number of benzene rings is 1. The van der Waals surface area contributed by atoms with Crippen LogP contribution in [0.25, 0.3) is 0 Å². The Morgan fingerprint density at radius 2 is 2.22 bits per heavy atom. The van der Waals surface area contributed by atoms with E-state index in [2.05, 4.69) is 5.32 Å². The molecule has 1 aliphatic heterocycles. The van der Waals surface area contributed by atoms with Crippen LogP contribution in [0.15, 0.2) is 18.2 Å². The van der Waals surface area contributed by atoms with Crippen LogP contribution in [0.4, 0.5) is 13.2 Å². The number of aryl methyl sites for hydroxylation is 1. The summed E-state index contributed by atoms with van der Waals surface area (Å²) < 4.78 is 41.7. The van der Waals surface area contributed by atoms with Gasteiger partial charge in [0.1, 0.15) is 5.75 Å². The van der Waals surface area contributed by atoms with Crippen LogP contribution < -0.4 is 9.97 Å². The lowest BCUT2D eigenvalue weighted by Gasteiger charge is -2.29. The molecular weight excluding hydrogens is 310 g/mol. The van der Waals surface area contributed by atoms with Gasteiger partial charge in [-0.15, -0.1) is 0 Å². The van der Waals surface area contributed by atoms with E-state index in [1.165, 1.54) is 0 Å². The van der Waals surface area contributed by atoms with Gasteiger partial charge >= 0.3 is 13.3 Å². The van der Waals surface area contributed by atoms with Gasteiger partial charge in [-0.05, 0) is 30.4 Å². The van der Waals surface area contributed by atoms with Crippen molar-refractivity contribution >= 4 is 13.0 Å². The number of amides is 1. The molecule has 0 unspecified atom stereocenters. The maximum atomic E-state index is 12.1. The van der Waals surface area contributed by atoms with Gasteiger partial charge in [0.05, 0.1) is 5.94 Å². The number of rotatable bonds is 5. The fraction of sp³-hybridized carbons (Fsp3) is 0.533. The van der Waals surface area contributed by atoms with E-state index in [9.17, 15) is 23.0 Å². The predicted molar refractivity (Wildman–Crippen MR) is 80.0 cm³/mol. The highest BCUT2D eigenvalue weighted by molar-refractivity contribution is 6.46. The number of fused-ring (bicyclic) bond motifs is 1. The molecule has 1 heterocycles. The molecule has 0 fully saturated rings. The molecule has 4 nitrogen and oxygen atoms in total. The number of hydrogen-bond acceptors (Lipinski definition) is 3. The molecule has 1 aromatic carbocycles. The average Bonchev–Trinajstić information content (AvgIpc) is 2.46. The normalized spacial score (nSPS) is 17.4. The number of para-hydroxylation sites is 1. The summed E-state index contributed by atoms with van der Waals surface area (Å²) in [6.07, 6.45) is -4.62. The van der Waals surface area contributed by atoms with E-state index >= 15 is 0 Å². The maximum Gasteiger partial charge on any atom is 0.547 e. The Morgan fingerprint density at radius 1 is 1.48 bits per heavy atom. The third-order valence-corrected chi connectivity index (χ3v) is 3.79. The minimum atomic E-state index is -4.26. The van der Waals surface area contributed by atoms with Crippen molar-refractivity contribution in [2.24, 2.45) is 0 Å². The number of halogens is 3. The highest BCUT2D eigenvalue weighted by atomic mass is 19.4. The molecule has 8 heteroatoms. The van der Waals surface area contributed by atoms with E-state index in [1.807, 2.05) is 25.1 Å². The number of carbonyl (C=O) groups excluding carboxylic acids is 1. The summed E-state index contributed by atoms with van der Waals surface area (Å²) in [4.78, 5) is 11.7. The van der Waals surface area contributed by atoms with E-state index < -0.39 is 31.6 Å². The second-order valence-corrected chi connectivity index (χ2v) is 5.61. The van der Waals surface area contributed by atoms with Crippen LogP contribution in [-0.4, -0.2) is 30.2 Å². The number of hydrogen-bond donors (Lipinski definition) is 2. The van der Waals surface area contributed by atoms with E-state index in [1.54, 1.807) is 0 Å². The summed E-state index contributed by atoms with van der Waals surface area (Å²) in [5.74, 6) is -0.546. The van der Waals surface area contributed by atoms with Crippen LogP contribution in [-0.2, 0) is 17.6 Å². The standard InChI is InChI=1S/C15H19BF3NO3/c1-2-10-5-3-6-11-9-12(16(22)23-14(10)11)20-13(21)7-4-8-15(17,18)19/h3,5-6,12,22H,2,4,7-9H2,1H3,(H,20,21)/t12-/m0/s1. The summed E-state index contributed by atoms with van der Waals surface area (Å²) in [5, 5.41) is 12.6. The van der Waals surface area contributed by atoms with E-state index in [0.717, 1.165) is 17.5 Å². The molecule has 0 bridgehead atoms. The lowest BCUT2D eigenvalue weighted by Crippen LogP contribution is -2.53. The Morgan fingerprint density at radius 3 is 2.87 bits per heavy atom. The van der Waals surface area contributed by atoms with Gasteiger partial charge < -0.3 is 15.0 Å². The van der Waals surface area contributed by atoms with Crippen molar-refractivity contribution in [3.8, 4) is 5.75 Å². The molecule has 1 amide bonds. The lowest BCUT2D eigenvalue weighted by atomic mass is 9.72. The fourth-order valence-electron chi connectivity index (χ4n) is 2.62. The zero-order valence-electron chi connectivity index (χ0n) is 12.8. The van der Waals surface area contributed by atoms with Crippen molar-refractivity contribution in [3.05, 3.63) is 29.3 Å². The number of alkyl halides is 3. The molecule has 126 valence electrons. The highest BCUT2D eigenvalue weighted by Crippen LogP contribution is 2.30. The smallest absolute Gasteiger partial charge is 0.534 e. The zero-order valence-corrected chi connectivity index (χ0v) is 12.8. The first-order valence-electron chi connectivity index (χ1n) is 7.61. The quantitative estimate of drug-likeness (QED) is 0.816. The molecular formula is C15H19BF3NO3. The second-order valence-electron chi connectivity index (χ2n) is 5.61. The van der Waals surface area contributed by atoms with Crippen LogP contribution in [0, 0.1) is 0 Å². The third kappa shape index (κ3) is 4.89. The first-order valence-corrected chi connectivity index (χ1v) is 7.61. The second kappa shape index (κ2) is 7.25. The van der Waals surface area contributed by atoms with Crippen molar-refractivity contribution in [3.63, 3.8) is 0 Å². The Bertz CT molecular complexity index is 565. The SMILES string of the molecule is CCc1cccc2c1OB(O)[C@@H](NC(=O)CCCC(F)(F)F)C2. The summed E-state index contributed by atoms with van der Waals surface area (Å²) in [6, 6.07) is 5.63. The van der Waals surface area contributed by atoms with Gasteiger partial charge in [0, 0.05) is 12.8 Å². The molecule has 0 aromatic heterocycles. The van der Waals surface area contributed by atoms with Crippen LogP contribution in [0.3, 0.4) is 0 Å². The molecule has 1 aromatic rings. The largest absolute Gasteiger partial charge is 0.547 e. The Kier molecular flexibility index (Phi) is 5.57. The molecule has 0 aliphatic carbocycles. The van der Waals surface area contributed by atoms with Crippen molar-refractivity contribution in [2.45, 2.75) is 51.1 Å². The van der Waals surface area contributed by atoms with E-state index in [-0.39, 0.29) is 12.8 Å². The molecule has 0 saturated heterocycles. The average molecular weight is 329 g/mol. The number of carbonyl (C=O) groups is 1. The molecule has 23 heavy (non-hydrogen) atoms. The van der Waals surface area contributed by atoms with Gasteiger partial charge in [-0.2, -0.15) is 13.2 Å². The highest BCUT2D eigenvalue weighted by Gasteiger charge is 2.36. The first-order chi connectivity index (χ1) is 10.8. The predicted octanol–water partition coefficient (Wildman–Crippen LogP) is 2.42. The van der Waals surface area contributed by atoms with Crippen LogP contribution >= 0.6 is 0 Å². The van der Waals surface area contributed by atoms with Gasteiger partial charge in [-0.1, -0.05) is 25.1 Å². The molecule has 0 spiro atoms. The maximum absolute atomic E-state index is 12.1. The van der Waals surface area contributed by atoms with Crippen LogP contribution in [0.2, 0.25) is 0 Å². The van der Waals surface area contributed by atoms with Gasteiger partial charge in [-0.25, -0.2) is 0 Å². The minimum Gasteiger partial charge on any atom is -0.534 e. The third-order valence-electron chi connectivity index (χ3n) is 3.79. The molecule has 2 rings (SSSR count). The first kappa shape index (κ1) is 17.7. The lowest BCUT2D eigenvalue weighted by molar-refractivity contribution is -0.137. The van der Waals surface area contributed by atoms with Crippen molar-refractivity contribution in [2.75, 3.05) is 0 Å². The van der Waals surface area contributed by atoms with Crippen molar-refractivity contribution < 1.29 is 27.6 Å². The monoisotopic (exact) mass is 329 g/mol. The van der Waals surface area contributed by atoms with E-state index in [4.69, 9.17) is 4.65 Å². The van der Waals surface area contributed by atoms with Crippen LogP contribution in [0.1, 0.15) is 37.3 Å². The minimum absolute atomic E-state index is 0.232. The van der Waals surface area contributed by atoms with Gasteiger partial charge in [0.2, 0.25) is 5.91 Å². The van der Waals surface area contributed by atoms with Crippen LogP contribution in [0.5, 0.6) is 5.75 Å². The molecule has 0 radical (unpaired) electrons. The van der Waals surface area contributed by atoms with Crippen molar-refractivity contribution in [1.29, 1.82) is 0 Å². The van der Waals surface area contributed by atoms with Gasteiger partial charge in [0.15, 0.2) is 0 Å². The Labute approximate surface area is 133 Å². The Balaban J connectivity index is 1.93. The summed E-state index contributed by atoms with van der Waals surface area (Å²) in [5.41, 5.74) is 1.84. The topological polar surface area (TPSA) is 58.6 Å². The summed E-state index contributed by atoms with van der Waals surface area (Å²) >= 11 is 0. The van der Waals surface area contributed by atoms with Gasteiger partial charge in [-0.3, -0.25) is 4.79 Å². The fourth-order valence-corrected chi connectivity index (χ4v) is 2.62. The zero-order chi connectivity index (χ0) is 17.0. The van der Waals surface area contributed by atoms with E-state index in [0.29, 0.717) is 12.2 Å². The van der Waals surface area contributed by atoms with Gasteiger partial charge in [0.25, 0.3) is 0 Å². The molecule has 1 aliphatic rings. The van der Waals surface area contributed by atoms with Crippen molar-refractivity contribution in [1.82, 2.24) is 5.32 Å².